The van der Waals surface area contributed by atoms with Gasteiger partial charge in [0.2, 0.25) is 5.91 Å². The van der Waals surface area contributed by atoms with E-state index in [1.165, 1.54) is 11.3 Å². The Morgan fingerprint density at radius 3 is 2.55 bits per heavy atom. The summed E-state index contributed by atoms with van der Waals surface area (Å²) in [6.07, 6.45) is 3.51. The van der Waals surface area contributed by atoms with Crippen LogP contribution in [0, 0.1) is 6.92 Å². The van der Waals surface area contributed by atoms with Crippen LogP contribution in [0.3, 0.4) is 0 Å². The quantitative estimate of drug-likeness (QED) is 0.726. The summed E-state index contributed by atoms with van der Waals surface area (Å²) in [6, 6.07) is 14.8. The number of nitrogens with one attached hydrogen (secondary N) is 1. The number of rotatable bonds is 7. The molecule has 0 spiro atoms. The molecule has 5 heteroatoms. The Morgan fingerprint density at radius 1 is 0.966 bits per heavy atom. The van der Waals surface area contributed by atoms with Gasteiger partial charge in [-0.05, 0) is 57.0 Å². The molecule has 29 heavy (non-hydrogen) atoms. The van der Waals surface area contributed by atoms with Gasteiger partial charge in [0, 0.05) is 49.5 Å². The van der Waals surface area contributed by atoms with Crippen molar-refractivity contribution in [2.24, 2.45) is 0 Å². The summed E-state index contributed by atoms with van der Waals surface area (Å²) in [6.45, 7) is 8.45. The minimum atomic E-state index is 0.0946. The number of carbonyl (C=O) groups excluding carboxylic acids is 1. The van der Waals surface area contributed by atoms with E-state index in [1.807, 2.05) is 18.2 Å². The number of benzene rings is 2. The van der Waals surface area contributed by atoms with Crippen LogP contribution in [0.25, 0.3) is 0 Å². The van der Waals surface area contributed by atoms with E-state index in [-0.39, 0.29) is 5.91 Å². The average Bonchev–Trinajstić information content (AvgIpc) is 2.74. The SMILES string of the molecule is Cc1ccc(N2CCN(CCCCOc3cccc4c3CCC(=O)N4)CC2)cc1. The Balaban J connectivity index is 1.16. The number of hydrogen-bond donors (Lipinski definition) is 1. The van der Waals surface area contributed by atoms with Crippen molar-refractivity contribution in [3.63, 3.8) is 0 Å². The molecule has 1 N–H and O–H groups in total. The normalized spacial score (nSPS) is 17.0. The number of fused-ring (bicyclic) bond motifs is 1. The summed E-state index contributed by atoms with van der Waals surface area (Å²) in [7, 11) is 0. The van der Waals surface area contributed by atoms with Crippen LogP contribution in [0.2, 0.25) is 0 Å². The second-order valence-electron chi connectivity index (χ2n) is 8.05. The van der Waals surface area contributed by atoms with Crippen LogP contribution in [0.15, 0.2) is 42.5 Å². The molecule has 2 aliphatic heterocycles. The lowest BCUT2D eigenvalue weighted by atomic mass is 10.0. The van der Waals surface area contributed by atoms with E-state index in [0.717, 1.165) is 75.6 Å². The number of nitrogens with zero attached hydrogens (tertiary/aromatic N) is 2. The number of unbranched alkanes of at least 4 members (excludes halogenated alkanes) is 1. The first-order chi connectivity index (χ1) is 14.2. The van der Waals surface area contributed by atoms with Gasteiger partial charge in [-0.3, -0.25) is 9.69 Å². The van der Waals surface area contributed by atoms with Crippen LogP contribution >= 0.6 is 0 Å². The first kappa shape index (κ1) is 19.8. The maximum Gasteiger partial charge on any atom is 0.224 e. The zero-order chi connectivity index (χ0) is 20.1. The molecule has 0 unspecified atom stereocenters. The number of piperazine rings is 1. The standard InChI is InChI=1S/C24H31N3O2/c1-19-7-9-20(10-8-19)27-16-14-26(15-17-27)13-2-3-18-29-23-6-4-5-22-21(23)11-12-24(28)25-22/h4-10H,2-3,11-18H2,1H3,(H,25,28). The lowest BCUT2D eigenvalue weighted by Gasteiger charge is -2.36. The van der Waals surface area contributed by atoms with Crippen molar-refractivity contribution < 1.29 is 9.53 Å². The minimum absolute atomic E-state index is 0.0946. The van der Waals surface area contributed by atoms with Crippen molar-refractivity contribution >= 4 is 17.3 Å². The smallest absolute Gasteiger partial charge is 0.224 e. The molecule has 1 amide bonds. The summed E-state index contributed by atoms with van der Waals surface area (Å²) in [5.41, 5.74) is 4.70. The Kier molecular flexibility index (Phi) is 6.35. The van der Waals surface area contributed by atoms with Gasteiger partial charge in [0.15, 0.2) is 0 Å². The van der Waals surface area contributed by atoms with Gasteiger partial charge in [0.05, 0.1) is 6.61 Å². The van der Waals surface area contributed by atoms with Crippen molar-refractivity contribution in [1.29, 1.82) is 0 Å². The van der Waals surface area contributed by atoms with Gasteiger partial charge in [-0.15, -0.1) is 0 Å². The van der Waals surface area contributed by atoms with E-state index in [4.69, 9.17) is 4.74 Å². The molecular weight excluding hydrogens is 362 g/mol. The molecule has 1 saturated heterocycles. The molecule has 0 radical (unpaired) electrons. The largest absolute Gasteiger partial charge is 0.493 e. The molecule has 154 valence electrons. The third-order valence-corrected chi connectivity index (χ3v) is 5.91. The Morgan fingerprint density at radius 2 is 1.76 bits per heavy atom. The number of carbonyl (C=O) groups is 1. The van der Waals surface area contributed by atoms with Crippen LogP contribution in [0.5, 0.6) is 5.75 Å². The fourth-order valence-electron chi connectivity index (χ4n) is 4.13. The van der Waals surface area contributed by atoms with E-state index in [2.05, 4.69) is 46.3 Å². The predicted molar refractivity (Wildman–Crippen MR) is 118 cm³/mol. The Labute approximate surface area is 173 Å². The van der Waals surface area contributed by atoms with Crippen molar-refractivity contribution in [3.05, 3.63) is 53.6 Å². The molecule has 4 rings (SSSR count). The lowest BCUT2D eigenvalue weighted by molar-refractivity contribution is -0.116. The maximum absolute atomic E-state index is 11.5. The molecular formula is C24H31N3O2. The van der Waals surface area contributed by atoms with Gasteiger partial charge in [0.25, 0.3) is 0 Å². The molecule has 2 aliphatic rings. The third kappa shape index (κ3) is 5.10. The molecule has 2 aromatic carbocycles. The van der Waals surface area contributed by atoms with E-state index >= 15 is 0 Å². The second kappa shape index (κ2) is 9.31. The lowest BCUT2D eigenvalue weighted by Crippen LogP contribution is -2.46. The molecule has 5 nitrogen and oxygen atoms in total. The summed E-state index contributed by atoms with van der Waals surface area (Å²) in [5, 5.41) is 2.93. The van der Waals surface area contributed by atoms with Crippen molar-refractivity contribution in [3.8, 4) is 5.75 Å². The average molecular weight is 394 g/mol. The van der Waals surface area contributed by atoms with E-state index in [0.29, 0.717) is 6.42 Å². The first-order valence-corrected chi connectivity index (χ1v) is 10.8. The number of anilines is 2. The fraction of sp³-hybridized carbons (Fsp3) is 0.458. The maximum atomic E-state index is 11.5. The summed E-state index contributed by atoms with van der Waals surface area (Å²) < 4.78 is 6.04. The Hall–Kier alpha value is -2.53. The van der Waals surface area contributed by atoms with Crippen molar-refractivity contribution in [2.75, 3.05) is 49.5 Å². The molecule has 0 atom stereocenters. The van der Waals surface area contributed by atoms with Crippen LogP contribution < -0.4 is 15.0 Å². The van der Waals surface area contributed by atoms with E-state index in [9.17, 15) is 4.79 Å². The van der Waals surface area contributed by atoms with Crippen LogP contribution in [-0.2, 0) is 11.2 Å². The summed E-state index contributed by atoms with van der Waals surface area (Å²) in [4.78, 5) is 16.6. The monoisotopic (exact) mass is 393 g/mol. The molecule has 0 aliphatic carbocycles. The molecule has 0 aromatic heterocycles. The molecule has 0 saturated carbocycles. The highest BCUT2D eigenvalue weighted by Gasteiger charge is 2.19. The minimum Gasteiger partial charge on any atom is -0.493 e. The molecule has 0 bridgehead atoms. The topological polar surface area (TPSA) is 44.8 Å². The van der Waals surface area contributed by atoms with Gasteiger partial charge in [-0.1, -0.05) is 23.8 Å². The number of amides is 1. The highest BCUT2D eigenvalue weighted by Crippen LogP contribution is 2.31. The van der Waals surface area contributed by atoms with Gasteiger partial charge in [0.1, 0.15) is 5.75 Å². The van der Waals surface area contributed by atoms with Gasteiger partial charge >= 0.3 is 0 Å². The first-order valence-electron chi connectivity index (χ1n) is 10.8. The van der Waals surface area contributed by atoms with Crippen LogP contribution in [0.1, 0.15) is 30.4 Å². The molecule has 1 fully saturated rings. The highest BCUT2D eigenvalue weighted by atomic mass is 16.5. The van der Waals surface area contributed by atoms with E-state index < -0.39 is 0 Å². The third-order valence-electron chi connectivity index (χ3n) is 5.91. The van der Waals surface area contributed by atoms with Crippen molar-refractivity contribution in [1.82, 2.24) is 4.90 Å². The zero-order valence-electron chi connectivity index (χ0n) is 17.3. The van der Waals surface area contributed by atoms with Crippen molar-refractivity contribution in [2.45, 2.75) is 32.6 Å². The number of hydrogen-bond acceptors (Lipinski definition) is 4. The number of ether oxygens (including phenoxy) is 1. The fourth-order valence-corrected chi connectivity index (χ4v) is 4.13. The molecule has 2 heterocycles. The van der Waals surface area contributed by atoms with E-state index in [1.54, 1.807) is 0 Å². The highest BCUT2D eigenvalue weighted by molar-refractivity contribution is 5.94. The van der Waals surface area contributed by atoms with Crippen LogP contribution in [0.4, 0.5) is 11.4 Å². The summed E-state index contributed by atoms with van der Waals surface area (Å²) >= 11 is 0. The van der Waals surface area contributed by atoms with Gasteiger partial charge < -0.3 is 15.0 Å². The molecule has 2 aromatic rings. The Bertz CT molecular complexity index is 827. The van der Waals surface area contributed by atoms with Gasteiger partial charge in [-0.25, -0.2) is 0 Å². The van der Waals surface area contributed by atoms with Crippen LogP contribution in [-0.4, -0.2) is 50.1 Å². The predicted octanol–water partition coefficient (Wildman–Crippen LogP) is 3.86. The second-order valence-corrected chi connectivity index (χ2v) is 8.05. The zero-order valence-corrected chi connectivity index (χ0v) is 17.3. The summed E-state index contributed by atoms with van der Waals surface area (Å²) in [5.74, 6) is 1.02. The number of aryl methyl sites for hydroxylation is 1. The van der Waals surface area contributed by atoms with Gasteiger partial charge in [-0.2, -0.15) is 0 Å².